The third kappa shape index (κ3) is 4.48. The number of amides is 1. The monoisotopic (exact) mass is 457 g/mol. The molecule has 0 aromatic heterocycles. The van der Waals surface area contributed by atoms with Crippen molar-refractivity contribution in [2.45, 2.75) is 24.2 Å². The van der Waals surface area contributed by atoms with Gasteiger partial charge in [-0.1, -0.05) is 0 Å². The van der Waals surface area contributed by atoms with Crippen LogP contribution in [0.3, 0.4) is 0 Å². The molecule has 3 saturated heterocycles. The number of anilines is 2. The van der Waals surface area contributed by atoms with Crippen LogP contribution in [0.4, 0.5) is 11.4 Å². The first-order valence-corrected chi connectivity index (χ1v) is 13.5. The number of carbonyl (C=O) groups excluding carboxylic acids is 1. The fourth-order valence-electron chi connectivity index (χ4n) is 4.18. The van der Waals surface area contributed by atoms with E-state index in [0.29, 0.717) is 25.3 Å². The molecule has 9 nitrogen and oxygen atoms in total. The number of sulfone groups is 1. The Morgan fingerprint density at radius 2 is 1.80 bits per heavy atom. The van der Waals surface area contributed by atoms with E-state index >= 15 is 0 Å². The molecule has 3 heterocycles. The molecule has 1 aromatic carbocycles. The van der Waals surface area contributed by atoms with E-state index in [-0.39, 0.29) is 35.4 Å². The van der Waals surface area contributed by atoms with Gasteiger partial charge in [0.1, 0.15) is 0 Å². The van der Waals surface area contributed by atoms with Crippen molar-refractivity contribution in [3.05, 3.63) is 18.2 Å². The van der Waals surface area contributed by atoms with Gasteiger partial charge < -0.3 is 15.0 Å². The molecule has 0 saturated carbocycles. The predicted molar refractivity (Wildman–Crippen MR) is 113 cm³/mol. The van der Waals surface area contributed by atoms with E-state index in [1.54, 1.807) is 12.1 Å². The lowest BCUT2D eigenvalue weighted by atomic mass is 10.1. The van der Waals surface area contributed by atoms with Crippen molar-refractivity contribution in [2.75, 3.05) is 61.1 Å². The number of nitrogens with one attached hydrogen (secondary N) is 1. The number of morpholine rings is 1. The molecule has 1 aromatic rings. The first kappa shape index (κ1) is 21.5. The summed E-state index contributed by atoms with van der Waals surface area (Å²) in [5.74, 6) is -1.14. The van der Waals surface area contributed by atoms with Crippen LogP contribution in [-0.2, 0) is 29.4 Å². The Bertz CT molecular complexity index is 1010. The third-order valence-corrected chi connectivity index (χ3v) is 9.55. The Morgan fingerprint density at radius 3 is 2.43 bits per heavy atom. The molecule has 30 heavy (non-hydrogen) atoms. The van der Waals surface area contributed by atoms with Gasteiger partial charge in [-0.25, -0.2) is 16.8 Å². The molecule has 3 aliphatic heterocycles. The van der Waals surface area contributed by atoms with Crippen LogP contribution in [0.25, 0.3) is 0 Å². The number of carbonyl (C=O) groups is 1. The van der Waals surface area contributed by atoms with Crippen molar-refractivity contribution < 1.29 is 26.4 Å². The van der Waals surface area contributed by atoms with Gasteiger partial charge in [0, 0.05) is 26.2 Å². The van der Waals surface area contributed by atoms with E-state index < -0.39 is 25.8 Å². The second-order valence-electron chi connectivity index (χ2n) is 7.98. The van der Waals surface area contributed by atoms with Crippen LogP contribution in [0, 0.1) is 5.92 Å². The van der Waals surface area contributed by atoms with Gasteiger partial charge in [0.05, 0.1) is 46.9 Å². The minimum Gasteiger partial charge on any atom is -0.379 e. The summed E-state index contributed by atoms with van der Waals surface area (Å²) in [5.41, 5.74) is 1.18. The van der Waals surface area contributed by atoms with Gasteiger partial charge in [-0.15, -0.1) is 0 Å². The van der Waals surface area contributed by atoms with Crippen molar-refractivity contribution in [2.24, 2.45) is 5.92 Å². The molecule has 0 radical (unpaired) electrons. The maximum Gasteiger partial charge on any atom is 0.243 e. The summed E-state index contributed by atoms with van der Waals surface area (Å²) in [5, 5.41) is 2.83. The normalized spacial score (nSPS) is 24.8. The molecule has 3 aliphatic rings. The molecule has 1 unspecified atom stereocenters. The molecule has 1 amide bonds. The van der Waals surface area contributed by atoms with Gasteiger partial charge in [0.15, 0.2) is 9.84 Å². The van der Waals surface area contributed by atoms with Crippen molar-refractivity contribution >= 4 is 37.1 Å². The first-order valence-electron chi connectivity index (χ1n) is 10.2. The summed E-state index contributed by atoms with van der Waals surface area (Å²) in [6.07, 6.45) is 2.35. The average Bonchev–Trinajstić information content (AvgIpc) is 3.38. The molecule has 4 rings (SSSR count). The quantitative estimate of drug-likeness (QED) is 0.692. The number of benzene rings is 1. The SMILES string of the molecule is O=C(Nc1cc(S(=O)(=O)N2CCOCC2)ccc1N1CCCC1)C1CCS(=O)(=O)C1. The molecule has 166 valence electrons. The lowest BCUT2D eigenvalue weighted by Gasteiger charge is -2.27. The van der Waals surface area contributed by atoms with Crippen molar-refractivity contribution in [3.63, 3.8) is 0 Å². The van der Waals surface area contributed by atoms with Gasteiger partial charge in [0.2, 0.25) is 15.9 Å². The number of sulfonamides is 1. The second-order valence-corrected chi connectivity index (χ2v) is 12.1. The number of hydrogen-bond acceptors (Lipinski definition) is 7. The number of nitrogens with zero attached hydrogens (tertiary/aromatic N) is 2. The lowest BCUT2D eigenvalue weighted by molar-refractivity contribution is -0.119. The largest absolute Gasteiger partial charge is 0.379 e. The zero-order valence-corrected chi connectivity index (χ0v) is 18.4. The zero-order valence-electron chi connectivity index (χ0n) is 16.7. The molecular weight excluding hydrogens is 430 g/mol. The Hall–Kier alpha value is -1.69. The summed E-state index contributed by atoms with van der Waals surface area (Å²) < 4.78 is 56.3. The molecule has 1 N–H and O–H groups in total. The molecule has 1 atom stereocenters. The van der Waals surface area contributed by atoms with Crippen LogP contribution in [0.15, 0.2) is 23.1 Å². The highest BCUT2D eigenvalue weighted by atomic mass is 32.2. The Balaban J connectivity index is 1.63. The van der Waals surface area contributed by atoms with Gasteiger partial charge in [0.25, 0.3) is 0 Å². The lowest BCUT2D eigenvalue weighted by Crippen LogP contribution is -2.40. The third-order valence-electron chi connectivity index (χ3n) is 5.88. The topological polar surface area (TPSA) is 113 Å². The maximum absolute atomic E-state index is 13.1. The fraction of sp³-hybridized carbons (Fsp3) is 0.632. The summed E-state index contributed by atoms with van der Waals surface area (Å²) in [6.45, 7) is 2.94. The number of ether oxygens (including phenoxy) is 1. The van der Waals surface area contributed by atoms with Crippen LogP contribution in [0.2, 0.25) is 0 Å². The predicted octanol–water partition coefficient (Wildman–Crippen LogP) is 0.681. The zero-order chi connectivity index (χ0) is 21.4. The van der Waals surface area contributed by atoms with Crippen molar-refractivity contribution in [1.82, 2.24) is 4.31 Å². The fourth-order valence-corrected chi connectivity index (χ4v) is 7.36. The molecule has 3 fully saturated rings. The average molecular weight is 458 g/mol. The smallest absolute Gasteiger partial charge is 0.243 e. The molecule has 0 aliphatic carbocycles. The van der Waals surface area contributed by atoms with Crippen LogP contribution in [0.1, 0.15) is 19.3 Å². The first-order chi connectivity index (χ1) is 14.3. The second kappa shape index (κ2) is 8.45. The van der Waals surface area contributed by atoms with E-state index in [1.807, 2.05) is 0 Å². The van der Waals surface area contributed by atoms with E-state index in [2.05, 4.69) is 10.2 Å². The highest BCUT2D eigenvalue weighted by Gasteiger charge is 2.34. The van der Waals surface area contributed by atoms with Crippen LogP contribution >= 0.6 is 0 Å². The van der Waals surface area contributed by atoms with E-state index in [0.717, 1.165) is 31.6 Å². The molecule has 0 bridgehead atoms. The van der Waals surface area contributed by atoms with Crippen molar-refractivity contribution in [1.29, 1.82) is 0 Å². The minimum absolute atomic E-state index is 0.00944. The maximum atomic E-state index is 13.1. The number of rotatable bonds is 5. The summed E-state index contributed by atoms with van der Waals surface area (Å²) in [6, 6.07) is 4.81. The molecule has 0 spiro atoms. The van der Waals surface area contributed by atoms with E-state index in [1.165, 1.54) is 10.4 Å². The molecular formula is C19H27N3O6S2. The van der Waals surface area contributed by atoms with Gasteiger partial charge >= 0.3 is 0 Å². The highest BCUT2D eigenvalue weighted by molar-refractivity contribution is 7.91. The summed E-state index contributed by atoms with van der Waals surface area (Å²) >= 11 is 0. The minimum atomic E-state index is -3.71. The Kier molecular flexibility index (Phi) is 6.06. The van der Waals surface area contributed by atoms with E-state index in [9.17, 15) is 21.6 Å². The van der Waals surface area contributed by atoms with Crippen LogP contribution in [-0.4, -0.2) is 77.9 Å². The van der Waals surface area contributed by atoms with Gasteiger partial charge in [-0.05, 0) is 37.5 Å². The summed E-state index contributed by atoms with van der Waals surface area (Å²) in [4.78, 5) is 15.0. The standard InChI is InChI=1S/C19H27N3O6S2/c23-19(15-5-12-29(24,25)14-15)20-17-13-16(3-4-18(17)21-6-1-2-7-21)30(26,27)22-8-10-28-11-9-22/h3-4,13,15H,1-2,5-12,14H2,(H,20,23). The van der Waals surface area contributed by atoms with Gasteiger partial charge in [-0.2, -0.15) is 4.31 Å². The van der Waals surface area contributed by atoms with Crippen molar-refractivity contribution in [3.8, 4) is 0 Å². The van der Waals surface area contributed by atoms with Gasteiger partial charge in [-0.3, -0.25) is 4.79 Å². The Labute approximate surface area is 177 Å². The van der Waals surface area contributed by atoms with Crippen LogP contribution < -0.4 is 10.2 Å². The summed E-state index contributed by atoms with van der Waals surface area (Å²) in [7, 11) is -6.90. The molecule has 11 heteroatoms. The van der Waals surface area contributed by atoms with E-state index in [4.69, 9.17) is 4.74 Å². The Morgan fingerprint density at radius 1 is 1.10 bits per heavy atom. The van der Waals surface area contributed by atoms with Crippen LogP contribution in [0.5, 0.6) is 0 Å². The highest BCUT2D eigenvalue weighted by Crippen LogP contribution is 2.33. The number of hydrogen-bond donors (Lipinski definition) is 1.